The Balaban J connectivity index is 2.20. The van der Waals surface area contributed by atoms with Crippen molar-refractivity contribution in [3.63, 3.8) is 0 Å². The maximum Gasteiger partial charge on any atom is 0.170 e. The number of Topliss-reactive ketones (excluding diaryl/α,β-unsaturated/α-hetero) is 1. The first-order valence-electron chi connectivity index (χ1n) is 5.15. The zero-order valence-electron chi connectivity index (χ0n) is 9.06. The third-order valence-corrected chi connectivity index (χ3v) is 2.63. The van der Waals surface area contributed by atoms with Crippen molar-refractivity contribution in [2.75, 3.05) is 5.73 Å². The molecule has 86 valence electrons. The minimum Gasteiger partial charge on any atom is -0.383 e. The SMILES string of the molecule is Nc1ncccc1C(=O)Cc1cccc(Cl)c1. The van der Waals surface area contributed by atoms with Crippen LogP contribution in [0.4, 0.5) is 5.82 Å². The minimum atomic E-state index is -0.0575. The van der Waals surface area contributed by atoms with Crippen LogP contribution in [0, 0.1) is 0 Å². The van der Waals surface area contributed by atoms with E-state index < -0.39 is 0 Å². The van der Waals surface area contributed by atoms with E-state index in [9.17, 15) is 4.79 Å². The number of rotatable bonds is 3. The molecule has 0 saturated carbocycles. The molecule has 1 aromatic heterocycles. The molecule has 0 fully saturated rings. The maximum absolute atomic E-state index is 12.0. The fourth-order valence-electron chi connectivity index (χ4n) is 1.58. The van der Waals surface area contributed by atoms with E-state index in [-0.39, 0.29) is 18.0 Å². The molecular weight excluding hydrogens is 236 g/mol. The van der Waals surface area contributed by atoms with Crippen LogP contribution in [-0.4, -0.2) is 10.8 Å². The number of aromatic nitrogens is 1. The van der Waals surface area contributed by atoms with Gasteiger partial charge in [-0.1, -0.05) is 23.7 Å². The molecule has 1 aromatic carbocycles. The van der Waals surface area contributed by atoms with Gasteiger partial charge in [-0.25, -0.2) is 4.98 Å². The van der Waals surface area contributed by atoms with Gasteiger partial charge in [-0.05, 0) is 29.8 Å². The first-order chi connectivity index (χ1) is 8.16. The number of hydrogen-bond donors (Lipinski definition) is 1. The smallest absolute Gasteiger partial charge is 0.170 e. The third kappa shape index (κ3) is 2.82. The van der Waals surface area contributed by atoms with Crippen molar-refractivity contribution in [1.29, 1.82) is 0 Å². The number of nitrogens with two attached hydrogens (primary N) is 1. The summed E-state index contributed by atoms with van der Waals surface area (Å²) in [6, 6.07) is 10.6. The van der Waals surface area contributed by atoms with Gasteiger partial charge in [0.15, 0.2) is 5.78 Å². The first kappa shape index (κ1) is 11.6. The molecule has 2 N–H and O–H groups in total. The van der Waals surface area contributed by atoms with Gasteiger partial charge in [-0.2, -0.15) is 0 Å². The first-order valence-corrected chi connectivity index (χ1v) is 5.53. The van der Waals surface area contributed by atoms with E-state index in [1.54, 1.807) is 30.5 Å². The molecule has 2 rings (SSSR count). The molecule has 0 spiro atoms. The Bertz CT molecular complexity index is 555. The van der Waals surface area contributed by atoms with E-state index in [2.05, 4.69) is 4.98 Å². The topological polar surface area (TPSA) is 56.0 Å². The Morgan fingerprint density at radius 2 is 2.12 bits per heavy atom. The number of ketones is 1. The van der Waals surface area contributed by atoms with Gasteiger partial charge in [-0.3, -0.25) is 4.79 Å². The Morgan fingerprint density at radius 3 is 2.82 bits per heavy atom. The molecule has 0 bridgehead atoms. The Labute approximate surface area is 104 Å². The summed E-state index contributed by atoms with van der Waals surface area (Å²) in [6.45, 7) is 0. The summed E-state index contributed by atoms with van der Waals surface area (Å²) in [5, 5.41) is 0.620. The summed E-state index contributed by atoms with van der Waals surface area (Å²) in [5.41, 5.74) is 6.96. The minimum absolute atomic E-state index is 0.0575. The summed E-state index contributed by atoms with van der Waals surface area (Å²) in [6.07, 6.45) is 1.84. The molecule has 17 heavy (non-hydrogen) atoms. The molecule has 0 amide bonds. The largest absolute Gasteiger partial charge is 0.383 e. The maximum atomic E-state index is 12.0. The molecule has 2 aromatic rings. The van der Waals surface area contributed by atoms with Crippen LogP contribution < -0.4 is 5.73 Å². The lowest BCUT2D eigenvalue weighted by Gasteiger charge is -2.04. The average molecular weight is 247 g/mol. The predicted molar refractivity (Wildman–Crippen MR) is 68.1 cm³/mol. The van der Waals surface area contributed by atoms with Gasteiger partial charge in [0.2, 0.25) is 0 Å². The van der Waals surface area contributed by atoms with Gasteiger partial charge < -0.3 is 5.73 Å². The number of carbonyl (C=O) groups is 1. The lowest BCUT2D eigenvalue weighted by molar-refractivity contribution is 0.0993. The monoisotopic (exact) mass is 246 g/mol. The summed E-state index contributed by atoms with van der Waals surface area (Å²) >= 11 is 5.86. The molecule has 0 aliphatic heterocycles. The van der Waals surface area contributed by atoms with Crippen molar-refractivity contribution in [2.24, 2.45) is 0 Å². The highest BCUT2D eigenvalue weighted by Crippen LogP contribution is 2.15. The number of pyridine rings is 1. The molecule has 3 nitrogen and oxygen atoms in total. The second-order valence-electron chi connectivity index (χ2n) is 3.67. The fraction of sp³-hybridized carbons (Fsp3) is 0.0769. The van der Waals surface area contributed by atoms with Crippen LogP contribution in [0.5, 0.6) is 0 Å². The second kappa shape index (κ2) is 4.97. The number of carbonyl (C=O) groups excluding carboxylic acids is 1. The lowest BCUT2D eigenvalue weighted by atomic mass is 10.0. The number of hydrogen-bond acceptors (Lipinski definition) is 3. The number of nitrogens with zero attached hydrogens (tertiary/aromatic N) is 1. The Kier molecular flexibility index (Phi) is 3.40. The molecule has 0 saturated heterocycles. The van der Waals surface area contributed by atoms with E-state index >= 15 is 0 Å². The molecule has 4 heteroatoms. The van der Waals surface area contributed by atoms with Crippen LogP contribution >= 0.6 is 11.6 Å². The highest BCUT2D eigenvalue weighted by atomic mass is 35.5. The summed E-state index contributed by atoms with van der Waals surface area (Å²) in [5.74, 6) is 0.206. The van der Waals surface area contributed by atoms with Crippen LogP contribution in [0.15, 0.2) is 42.6 Å². The Hall–Kier alpha value is -1.87. The standard InChI is InChI=1S/C13H11ClN2O/c14-10-4-1-3-9(7-10)8-12(17)11-5-2-6-16-13(11)15/h1-7H,8H2,(H2,15,16). The zero-order chi connectivity index (χ0) is 12.3. The number of anilines is 1. The summed E-state index contributed by atoms with van der Waals surface area (Å²) < 4.78 is 0. The van der Waals surface area contributed by atoms with E-state index in [0.29, 0.717) is 10.6 Å². The molecule has 0 unspecified atom stereocenters. The quantitative estimate of drug-likeness (QED) is 0.848. The van der Waals surface area contributed by atoms with Crippen molar-refractivity contribution in [3.8, 4) is 0 Å². The summed E-state index contributed by atoms with van der Waals surface area (Å²) in [4.78, 5) is 15.9. The number of benzene rings is 1. The van der Waals surface area contributed by atoms with Crippen LogP contribution in [0.25, 0.3) is 0 Å². The molecule has 0 aliphatic rings. The number of nitrogen functional groups attached to an aromatic ring is 1. The van der Waals surface area contributed by atoms with Crippen molar-refractivity contribution < 1.29 is 4.79 Å². The predicted octanol–water partition coefficient (Wildman–Crippen LogP) is 2.74. The Morgan fingerprint density at radius 1 is 1.29 bits per heavy atom. The van der Waals surface area contributed by atoms with Crippen molar-refractivity contribution in [1.82, 2.24) is 4.98 Å². The van der Waals surface area contributed by atoms with Gasteiger partial charge in [-0.15, -0.1) is 0 Å². The average Bonchev–Trinajstić information content (AvgIpc) is 2.29. The summed E-state index contributed by atoms with van der Waals surface area (Å²) in [7, 11) is 0. The molecule has 1 heterocycles. The lowest BCUT2D eigenvalue weighted by Crippen LogP contribution is -2.08. The number of halogens is 1. The molecular formula is C13H11ClN2O. The fourth-order valence-corrected chi connectivity index (χ4v) is 1.79. The van der Waals surface area contributed by atoms with Gasteiger partial charge in [0.05, 0.1) is 5.56 Å². The van der Waals surface area contributed by atoms with Gasteiger partial charge >= 0.3 is 0 Å². The van der Waals surface area contributed by atoms with Gasteiger partial charge in [0.1, 0.15) is 5.82 Å². The van der Waals surface area contributed by atoms with Crippen LogP contribution in [0.2, 0.25) is 5.02 Å². The van der Waals surface area contributed by atoms with E-state index in [4.69, 9.17) is 17.3 Å². The second-order valence-corrected chi connectivity index (χ2v) is 4.10. The van der Waals surface area contributed by atoms with Crippen LogP contribution in [0.3, 0.4) is 0 Å². The van der Waals surface area contributed by atoms with Crippen LogP contribution in [-0.2, 0) is 6.42 Å². The highest BCUT2D eigenvalue weighted by molar-refractivity contribution is 6.30. The van der Waals surface area contributed by atoms with Gasteiger partial charge in [0.25, 0.3) is 0 Å². The van der Waals surface area contributed by atoms with Crippen molar-refractivity contribution in [2.45, 2.75) is 6.42 Å². The van der Waals surface area contributed by atoms with Crippen LogP contribution in [0.1, 0.15) is 15.9 Å². The van der Waals surface area contributed by atoms with Gasteiger partial charge in [0, 0.05) is 17.6 Å². The van der Waals surface area contributed by atoms with Crippen molar-refractivity contribution >= 4 is 23.2 Å². The molecule has 0 aliphatic carbocycles. The van der Waals surface area contributed by atoms with E-state index in [0.717, 1.165) is 5.56 Å². The third-order valence-electron chi connectivity index (χ3n) is 2.39. The molecule has 0 radical (unpaired) electrons. The van der Waals surface area contributed by atoms with E-state index in [1.807, 2.05) is 12.1 Å². The molecule has 0 atom stereocenters. The van der Waals surface area contributed by atoms with Crippen molar-refractivity contribution in [3.05, 3.63) is 58.7 Å². The van der Waals surface area contributed by atoms with E-state index in [1.165, 1.54) is 0 Å². The highest BCUT2D eigenvalue weighted by Gasteiger charge is 2.10. The normalized spacial score (nSPS) is 10.2. The zero-order valence-corrected chi connectivity index (χ0v) is 9.82.